The Bertz CT molecular complexity index is 2650. The largest absolute Gasteiger partial charge is 0.509 e. The number of Topliss-reactive ketones (excluding diaryl/α,β-unsaturated/α-hetero) is 1. The number of ketones is 1. The first-order valence-electron chi connectivity index (χ1n) is 27.1. The van der Waals surface area contributed by atoms with Gasteiger partial charge in [-0.1, -0.05) is 120 Å². The van der Waals surface area contributed by atoms with Crippen LogP contribution >= 0.6 is 0 Å². The van der Waals surface area contributed by atoms with Crippen LogP contribution in [0, 0.1) is 22.7 Å². The fourth-order valence-corrected chi connectivity index (χ4v) is 11.5. The molecule has 3 aromatic carbocycles. The number of nitrogens with one attached hydrogen (secondary N) is 1. The molecule has 19 heteroatoms. The summed E-state index contributed by atoms with van der Waals surface area (Å²) in [4.78, 5) is 87.9. The molecule has 4 aliphatic rings. The number of carbonyl (C=O) groups is 6. The number of benzene rings is 3. The smallest absolute Gasteiger partial charge is 0.456 e. The molecule has 2 unspecified atom stereocenters. The van der Waals surface area contributed by atoms with Crippen LogP contribution in [0.15, 0.2) is 102 Å². The number of hydrogen-bond donors (Lipinski definition) is 3. The van der Waals surface area contributed by atoms with Gasteiger partial charge in [-0.25, -0.2) is 24.0 Å². The molecule has 2 saturated carbocycles. The highest BCUT2D eigenvalue weighted by Crippen LogP contribution is 2.64. The van der Waals surface area contributed by atoms with Gasteiger partial charge in [-0.05, 0) is 87.8 Å². The predicted octanol–water partition coefficient (Wildman–Crippen LogP) is 8.88. The third-order valence-corrected chi connectivity index (χ3v) is 15.7. The van der Waals surface area contributed by atoms with Crippen molar-refractivity contribution in [3.63, 3.8) is 0 Å². The second-order valence-electron chi connectivity index (χ2n) is 23.1. The summed E-state index contributed by atoms with van der Waals surface area (Å²) < 4.78 is 60.1. The van der Waals surface area contributed by atoms with E-state index in [0.717, 1.165) is 6.42 Å². The van der Waals surface area contributed by atoms with E-state index < -0.39 is 125 Å². The van der Waals surface area contributed by atoms with Crippen LogP contribution in [0.1, 0.15) is 123 Å². The van der Waals surface area contributed by atoms with Crippen molar-refractivity contribution in [2.24, 2.45) is 22.7 Å². The Morgan fingerprint density at radius 1 is 0.810 bits per heavy atom. The monoisotopic (exact) mass is 1100 g/mol. The molecule has 1 aliphatic heterocycles. The number of esters is 2. The first-order valence-corrected chi connectivity index (χ1v) is 27.1. The number of aliphatic hydroxyl groups is 2. The fourth-order valence-electron chi connectivity index (χ4n) is 11.5. The van der Waals surface area contributed by atoms with Gasteiger partial charge in [0.25, 0.3) is 0 Å². The molecule has 11 atom stereocenters. The van der Waals surface area contributed by atoms with Crippen molar-refractivity contribution in [1.29, 1.82) is 0 Å². The SMILES string of the molecule is CCCCOCOC(C(=O)O[C@H]1C[C@@]2(O)[C@@H](OC(=O)c3ccccc3)[C@@H]3[C@]4(O)CO[C@@H]4C[C@H](OC(=O)OCc4ccccc4)[C@@]3(C)C(=O)C(OC(=O)OCc3ccccc3)C(=C1C)C2(C)C)[C@H](CC(C)C)NC(=O)OC(C)(C)C. The predicted molar refractivity (Wildman–Crippen MR) is 284 cm³/mol. The zero-order valence-electron chi connectivity index (χ0n) is 46.9. The van der Waals surface area contributed by atoms with Gasteiger partial charge in [-0.15, -0.1) is 0 Å². The van der Waals surface area contributed by atoms with Gasteiger partial charge in [0.05, 0.1) is 29.7 Å². The lowest BCUT2D eigenvalue weighted by Crippen LogP contribution is -2.81. The molecular formula is C60H77NO18. The van der Waals surface area contributed by atoms with E-state index in [4.69, 9.17) is 47.4 Å². The van der Waals surface area contributed by atoms with Crippen LogP contribution in [0.3, 0.4) is 0 Å². The van der Waals surface area contributed by atoms with Crippen LogP contribution in [0.5, 0.6) is 0 Å². The average Bonchev–Trinajstić information content (AvgIpc) is 2.31. The summed E-state index contributed by atoms with van der Waals surface area (Å²) in [5.41, 5.74) is -8.18. The maximum Gasteiger partial charge on any atom is 0.509 e. The second kappa shape index (κ2) is 25.0. The molecule has 7 rings (SSSR count). The lowest BCUT2D eigenvalue weighted by Gasteiger charge is -2.67. The molecule has 1 heterocycles. The highest BCUT2D eigenvalue weighted by atomic mass is 16.7. The minimum Gasteiger partial charge on any atom is -0.456 e. The van der Waals surface area contributed by atoms with Gasteiger partial charge in [-0.3, -0.25) is 4.79 Å². The Morgan fingerprint density at radius 2 is 1.39 bits per heavy atom. The molecular weight excluding hydrogens is 1020 g/mol. The van der Waals surface area contributed by atoms with Gasteiger partial charge < -0.3 is 62.9 Å². The molecule has 2 bridgehead atoms. The number of rotatable bonds is 20. The standard InChI is InChI=1S/C60H77NO18/c1-11-12-28-70-35-74-46(41(29-36(2)3)61-53(65)79-56(5,6)7)52(64)75-42-31-60(69)50(78-51(63)40-26-20-15-21-27-40)48-58(10,43(30-44-59(48,68)34-73-44)76-54(66)71-32-38-22-16-13-17-23-38)49(62)47(45(37(42)4)57(60,8)9)77-55(67)72-33-39-24-18-14-19-25-39/h13-27,36,41-44,46-48,50,68-69H,11-12,28-35H2,1-10H3,(H,61,65)/t41-,42-,43-,44+,46?,47?,48-,50-,58+,59-,60+/m0/s1. The van der Waals surface area contributed by atoms with Crippen molar-refractivity contribution in [3.05, 3.63) is 119 Å². The number of amides is 1. The van der Waals surface area contributed by atoms with Crippen LogP contribution in [-0.2, 0) is 70.2 Å². The van der Waals surface area contributed by atoms with Gasteiger partial charge in [0, 0.05) is 30.8 Å². The van der Waals surface area contributed by atoms with Crippen molar-refractivity contribution >= 4 is 36.1 Å². The van der Waals surface area contributed by atoms with Crippen molar-refractivity contribution in [2.45, 2.75) is 174 Å². The molecule has 0 spiro atoms. The maximum absolute atomic E-state index is 16.5. The minimum atomic E-state index is -2.49. The van der Waals surface area contributed by atoms with Crippen LogP contribution in [0.25, 0.3) is 0 Å². The summed E-state index contributed by atoms with van der Waals surface area (Å²) in [6.07, 6.45) is -12.3. The Hall–Kier alpha value is -6.38. The number of carbonyl (C=O) groups excluding carboxylic acids is 6. The van der Waals surface area contributed by atoms with E-state index in [1.807, 2.05) is 20.8 Å². The molecule has 3 aromatic rings. The van der Waals surface area contributed by atoms with Crippen molar-refractivity contribution < 1.29 is 86.3 Å². The Morgan fingerprint density at radius 3 is 1.94 bits per heavy atom. The molecule has 3 aliphatic carbocycles. The second-order valence-corrected chi connectivity index (χ2v) is 23.1. The summed E-state index contributed by atoms with van der Waals surface area (Å²) in [5, 5.41) is 30.1. The van der Waals surface area contributed by atoms with E-state index in [-0.39, 0.29) is 55.5 Å². The number of alkyl carbamates (subject to hydrolysis) is 1. The molecule has 1 amide bonds. The summed E-state index contributed by atoms with van der Waals surface area (Å²) >= 11 is 0. The molecule has 430 valence electrons. The zero-order valence-corrected chi connectivity index (χ0v) is 46.9. The normalized spacial score (nSPS) is 27.7. The highest BCUT2D eigenvalue weighted by Gasteiger charge is 2.78. The van der Waals surface area contributed by atoms with Gasteiger partial charge in [0.15, 0.2) is 18.0 Å². The summed E-state index contributed by atoms with van der Waals surface area (Å²) in [6, 6.07) is 24.3. The Balaban J connectivity index is 1.40. The number of unbranched alkanes of at least 4 members (excludes halogenated alkanes) is 1. The van der Waals surface area contributed by atoms with Gasteiger partial charge >= 0.3 is 30.3 Å². The van der Waals surface area contributed by atoms with Crippen molar-refractivity contribution in [3.8, 4) is 0 Å². The third kappa shape index (κ3) is 13.3. The first-order chi connectivity index (χ1) is 37.3. The Kier molecular flexibility index (Phi) is 19.0. The summed E-state index contributed by atoms with van der Waals surface area (Å²) in [7, 11) is 0. The number of ether oxygens (including phenoxy) is 10. The van der Waals surface area contributed by atoms with E-state index in [9.17, 15) is 29.4 Å². The topological polar surface area (TPSA) is 247 Å². The minimum absolute atomic E-state index is 0.0448. The zero-order chi connectivity index (χ0) is 57.5. The van der Waals surface area contributed by atoms with Crippen LogP contribution in [-0.4, -0.2) is 126 Å². The van der Waals surface area contributed by atoms with E-state index in [2.05, 4.69) is 5.32 Å². The van der Waals surface area contributed by atoms with Gasteiger partial charge in [0.2, 0.25) is 0 Å². The van der Waals surface area contributed by atoms with Crippen LogP contribution < -0.4 is 5.32 Å². The Labute approximate surface area is 461 Å². The van der Waals surface area contributed by atoms with E-state index in [0.29, 0.717) is 24.2 Å². The molecule has 3 fully saturated rings. The van der Waals surface area contributed by atoms with Gasteiger partial charge in [-0.2, -0.15) is 0 Å². The molecule has 0 aromatic heterocycles. The van der Waals surface area contributed by atoms with Crippen molar-refractivity contribution in [1.82, 2.24) is 5.32 Å². The quantitative estimate of drug-likeness (QED) is 0.0314. The molecule has 19 nitrogen and oxygen atoms in total. The molecule has 79 heavy (non-hydrogen) atoms. The van der Waals surface area contributed by atoms with E-state index in [1.165, 1.54) is 19.1 Å². The molecule has 0 radical (unpaired) electrons. The fraction of sp³-hybridized carbons (Fsp3) is 0.567. The van der Waals surface area contributed by atoms with E-state index >= 15 is 9.59 Å². The summed E-state index contributed by atoms with van der Waals surface area (Å²) in [5.74, 6) is -4.78. The third-order valence-electron chi connectivity index (χ3n) is 15.7. The number of hydrogen-bond acceptors (Lipinski definition) is 18. The molecule has 1 saturated heterocycles. The van der Waals surface area contributed by atoms with Crippen LogP contribution in [0.2, 0.25) is 0 Å². The lowest BCUT2D eigenvalue weighted by atomic mass is 9.44. The average molecular weight is 1100 g/mol. The van der Waals surface area contributed by atoms with E-state index in [1.54, 1.807) is 120 Å². The maximum atomic E-state index is 16.5. The lowest BCUT2D eigenvalue weighted by molar-refractivity contribution is -0.344. The summed E-state index contributed by atoms with van der Waals surface area (Å²) in [6.45, 7) is 15.9. The highest BCUT2D eigenvalue weighted by molar-refractivity contribution is 5.95. The number of fused-ring (bicyclic) bond motifs is 5. The van der Waals surface area contributed by atoms with Crippen molar-refractivity contribution in [2.75, 3.05) is 20.0 Å². The van der Waals surface area contributed by atoms with Gasteiger partial charge in [0.1, 0.15) is 55.1 Å². The first kappa shape index (κ1) is 60.3. The molecule has 3 N–H and O–H groups in total. The van der Waals surface area contributed by atoms with Crippen LogP contribution in [0.4, 0.5) is 14.4 Å².